The Labute approximate surface area is 132 Å². The lowest BCUT2D eigenvalue weighted by molar-refractivity contribution is 0.714. The zero-order valence-electron chi connectivity index (χ0n) is 13.5. The van der Waals surface area contributed by atoms with Gasteiger partial charge >= 0.3 is 0 Å². The highest BCUT2D eigenvalue weighted by molar-refractivity contribution is 4.98. The van der Waals surface area contributed by atoms with Gasteiger partial charge in [-0.15, -0.1) is 5.10 Å². The zero-order valence-corrected chi connectivity index (χ0v) is 13.5. The van der Waals surface area contributed by atoms with Crippen LogP contribution >= 0.6 is 0 Å². The molecule has 0 fully saturated rings. The van der Waals surface area contributed by atoms with Crippen molar-refractivity contribution in [1.29, 1.82) is 0 Å². The highest BCUT2D eigenvalue weighted by atomic mass is 15.4. The van der Waals surface area contributed by atoms with E-state index in [0.717, 1.165) is 11.4 Å². The number of aryl methyl sites for hydroxylation is 6. The molecular formula is C15H27N7. The molecule has 0 radical (unpaired) electrons. The number of nitrogens with zero attached hydrogens (tertiary/aromatic N) is 7. The summed E-state index contributed by atoms with van der Waals surface area (Å²) >= 11 is 0. The minimum Gasteiger partial charge on any atom is -0.340 e. The molecule has 0 spiro atoms. The summed E-state index contributed by atoms with van der Waals surface area (Å²) < 4.78 is 5.39. The van der Waals surface area contributed by atoms with Gasteiger partial charge in [0.2, 0.25) is 0 Å². The Hall–Kier alpha value is -2.44. The largest absolute Gasteiger partial charge is 0.340 e. The van der Waals surface area contributed by atoms with Gasteiger partial charge in [0.15, 0.2) is 0 Å². The van der Waals surface area contributed by atoms with Gasteiger partial charge in [0, 0.05) is 39.7 Å². The second kappa shape index (κ2) is 9.49. The molecule has 7 nitrogen and oxygen atoms in total. The maximum absolute atomic E-state index is 3.98. The highest BCUT2D eigenvalue weighted by Gasteiger charge is 1.84. The van der Waals surface area contributed by atoms with Crippen LogP contribution in [0.1, 0.15) is 24.4 Å². The Balaban J connectivity index is 0.000000294. The summed E-state index contributed by atoms with van der Waals surface area (Å²) in [6, 6.07) is 0. The average molecular weight is 305 g/mol. The summed E-state index contributed by atoms with van der Waals surface area (Å²) in [4.78, 5) is 3.98. The molecule has 0 aliphatic carbocycles. The first-order valence-electron chi connectivity index (χ1n) is 6.59. The van der Waals surface area contributed by atoms with E-state index < -0.39 is 0 Å². The SMILES string of the molecule is C.Cc1cn(C)cn1.Cc1cn(C)nn1.Cc1cnn(C)c1. The summed E-state index contributed by atoms with van der Waals surface area (Å²) in [5.74, 6) is 0. The molecule has 3 heterocycles. The van der Waals surface area contributed by atoms with Crippen LogP contribution in [-0.2, 0) is 21.1 Å². The fourth-order valence-corrected chi connectivity index (χ4v) is 1.55. The molecule has 0 amide bonds. The van der Waals surface area contributed by atoms with E-state index in [9.17, 15) is 0 Å². The Morgan fingerprint density at radius 1 is 0.864 bits per heavy atom. The van der Waals surface area contributed by atoms with E-state index in [4.69, 9.17) is 0 Å². The Bertz CT molecular complexity index is 508. The van der Waals surface area contributed by atoms with Gasteiger partial charge in [-0.25, -0.2) is 4.98 Å². The van der Waals surface area contributed by atoms with Crippen molar-refractivity contribution in [2.24, 2.45) is 21.1 Å². The second-order valence-electron chi connectivity index (χ2n) is 4.91. The van der Waals surface area contributed by atoms with Gasteiger partial charge in [0.1, 0.15) is 0 Å². The molecule has 122 valence electrons. The molecule has 0 aliphatic heterocycles. The molecule has 0 unspecified atom stereocenters. The van der Waals surface area contributed by atoms with E-state index in [1.807, 2.05) is 71.3 Å². The third-order valence-corrected chi connectivity index (χ3v) is 2.39. The van der Waals surface area contributed by atoms with E-state index >= 15 is 0 Å². The molecule has 0 aliphatic rings. The van der Waals surface area contributed by atoms with E-state index in [2.05, 4.69) is 20.4 Å². The van der Waals surface area contributed by atoms with Crippen LogP contribution in [0.5, 0.6) is 0 Å². The van der Waals surface area contributed by atoms with Crippen molar-refractivity contribution in [2.75, 3.05) is 0 Å². The van der Waals surface area contributed by atoms with Crippen molar-refractivity contribution in [3.63, 3.8) is 0 Å². The van der Waals surface area contributed by atoms with Crippen LogP contribution in [0.2, 0.25) is 0 Å². The molecule has 3 aromatic rings. The molecule has 0 saturated carbocycles. The monoisotopic (exact) mass is 305 g/mol. The van der Waals surface area contributed by atoms with Crippen LogP contribution in [0.25, 0.3) is 0 Å². The van der Waals surface area contributed by atoms with Crippen molar-refractivity contribution < 1.29 is 0 Å². The van der Waals surface area contributed by atoms with Crippen LogP contribution < -0.4 is 0 Å². The minimum absolute atomic E-state index is 0. The third kappa shape index (κ3) is 7.98. The van der Waals surface area contributed by atoms with Gasteiger partial charge in [-0.05, 0) is 26.3 Å². The van der Waals surface area contributed by atoms with Crippen molar-refractivity contribution >= 4 is 0 Å². The number of aromatic nitrogens is 7. The van der Waals surface area contributed by atoms with Crippen molar-refractivity contribution in [3.8, 4) is 0 Å². The van der Waals surface area contributed by atoms with E-state index in [-0.39, 0.29) is 7.43 Å². The zero-order chi connectivity index (χ0) is 15.8. The Kier molecular flexibility index (Phi) is 8.44. The van der Waals surface area contributed by atoms with E-state index in [1.54, 1.807) is 15.7 Å². The maximum atomic E-state index is 3.98. The average Bonchev–Trinajstić information content (AvgIpc) is 3.06. The maximum Gasteiger partial charge on any atom is 0.0946 e. The van der Waals surface area contributed by atoms with E-state index in [0.29, 0.717) is 0 Å². The van der Waals surface area contributed by atoms with Crippen molar-refractivity contribution in [2.45, 2.75) is 28.2 Å². The lowest BCUT2D eigenvalue weighted by Gasteiger charge is -1.78. The number of hydrogen-bond donors (Lipinski definition) is 0. The summed E-state index contributed by atoms with van der Waals surface area (Å²) in [7, 11) is 5.72. The highest BCUT2D eigenvalue weighted by Crippen LogP contribution is 1.89. The molecule has 7 heteroatoms. The first kappa shape index (κ1) is 19.6. The van der Waals surface area contributed by atoms with Gasteiger partial charge in [-0.3, -0.25) is 9.36 Å². The molecule has 3 rings (SSSR count). The first-order chi connectivity index (χ1) is 9.86. The van der Waals surface area contributed by atoms with Gasteiger partial charge in [0.05, 0.1) is 23.9 Å². The van der Waals surface area contributed by atoms with Crippen LogP contribution in [0.15, 0.2) is 31.1 Å². The second-order valence-corrected chi connectivity index (χ2v) is 4.91. The smallest absolute Gasteiger partial charge is 0.0946 e. The molecular weight excluding hydrogens is 278 g/mol. The minimum atomic E-state index is 0. The van der Waals surface area contributed by atoms with Crippen LogP contribution in [0, 0.1) is 20.8 Å². The number of rotatable bonds is 0. The Morgan fingerprint density at radius 2 is 1.55 bits per heavy atom. The molecule has 0 N–H and O–H groups in total. The molecule has 22 heavy (non-hydrogen) atoms. The topological polar surface area (TPSA) is 66.3 Å². The predicted octanol–water partition coefficient (Wildman–Crippen LogP) is 2.22. The fraction of sp³-hybridized carbons (Fsp3) is 0.467. The lowest BCUT2D eigenvalue weighted by Crippen LogP contribution is -1.85. The van der Waals surface area contributed by atoms with Gasteiger partial charge in [-0.2, -0.15) is 5.10 Å². The normalized spacial score (nSPS) is 9.00. The summed E-state index contributed by atoms with van der Waals surface area (Å²) in [6.45, 7) is 5.90. The third-order valence-electron chi connectivity index (χ3n) is 2.39. The lowest BCUT2D eigenvalue weighted by atomic mass is 10.4. The van der Waals surface area contributed by atoms with Crippen LogP contribution in [-0.4, -0.2) is 34.3 Å². The predicted molar refractivity (Wildman–Crippen MR) is 88.4 cm³/mol. The van der Waals surface area contributed by atoms with Gasteiger partial charge in [0.25, 0.3) is 0 Å². The molecule has 3 aromatic heterocycles. The van der Waals surface area contributed by atoms with Crippen LogP contribution in [0.4, 0.5) is 0 Å². The summed E-state index contributed by atoms with van der Waals surface area (Å²) in [5.41, 5.74) is 3.24. The molecule has 0 bridgehead atoms. The molecule has 0 atom stereocenters. The number of imidazole rings is 1. The van der Waals surface area contributed by atoms with Crippen molar-refractivity contribution in [3.05, 3.63) is 48.1 Å². The Morgan fingerprint density at radius 3 is 1.68 bits per heavy atom. The van der Waals surface area contributed by atoms with E-state index in [1.165, 1.54) is 5.56 Å². The first-order valence-corrected chi connectivity index (χ1v) is 6.59. The molecule has 0 aromatic carbocycles. The fourth-order valence-electron chi connectivity index (χ4n) is 1.55. The quantitative estimate of drug-likeness (QED) is 0.639. The summed E-state index contributed by atoms with van der Waals surface area (Å²) in [5, 5.41) is 11.3. The van der Waals surface area contributed by atoms with Gasteiger partial charge < -0.3 is 4.57 Å². The van der Waals surface area contributed by atoms with Gasteiger partial charge in [-0.1, -0.05) is 12.6 Å². The summed E-state index contributed by atoms with van der Waals surface area (Å²) in [6.07, 6.45) is 9.43. The number of hydrogen-bond acceptors (Lipinski definition) is 4. The van der Waals surface area contributed by atoms with Crippen LogP contribution in [0.3, 0.4) is 0 Å². The molecule has 0 saturated heterocycles. The standard InChI is InChI=1S/2C5H8N2.C4H7N3.CH4/c1-5-3-7(2)4-6-5;1-5-3-6-7(2)4-5;1-4-3-7(2)6-5-4;/h2*3-4H,1-2H3;3H,1-2H3;1H4. The van der Waals surface area contributed by atoms with Crippen molar-refractivity contribution in [1.82, 2.24) is 34.3 Å².